The van der Waals surface area contributed by atoms with Gasteiger partial charge in [0.25, 0.3) is 5.91 Å². The highest BCUT2D eigenvalue weighted by molar-refractivity contribution is 6.05. The molecule has 7 nitrogen and oxygen atoms in total. The smallest absolute Gasteiger partial charge is 0.255 e. The van der Waals surface area contributed by atoms with Crippen LogP contribution in [0.5, 0.6) is 0 Å². The normalized spacial score (nSPS) is 13.2. The molecule has 2 amide bonds. The number of imidazole rings is 1. The fourth-order valence-corrected chi connectivity index (χ4v) is 3.28. The highest BCUT2D eigenvalue weighted by Crippen LogP contribution is 2.30. The van der Waals surface area contributed by atoms with E-state index in [1.807, 2.05) is 34.9 Å². The van der Waals surface area contributed by atoms with Crippen molar-refractivity contribution in [3.8, 4) is 5.82 Å². The van der Waals surface area contributed by atoms with Gasteiger partial charge in [-0.1, -0.05) is 18.2 Å². The zero-order valence-electron chi connectivity index (χ0n) is 16.1. The second-order valence-electron chi connectivity index (χ2n) is 7.31. The zero-order valence-corrected chi connectivity index (χ0v) is 16.1. The van der Waals surface area contributed by atoms with Crippen molar-refractivity contribution in [3.63, 3.8) is 0 Å². The van der Waals surface area contributed by atoms with Crippen LogP contribution in [-0.2, 0) is 4.79 Å². The second kappa shape index (κ2) is 7.44. The molecule has 0 saturated heterocycles. The minimum absolute atomic E-state index is 0.0133. The molecule has 148 valence electrons. The summed E-state index contributed by atoms with van der Waals surface area (Å²) in [6.45, 7) is 0. The first kappa shape index (κ1) is 18.1. The van der Waals surface area contributed by atoms with E-state index >= 15 is 0 Å². The Hall–Kier alpha value is -4.00. The number of carbonyl (C=O) groups is 2. The number of nitrogens with one attached hydrogen (secondary N) is 2. The van der Waals surface area contributed by atoms with Gasteiger partial charge in [-0.25, -0.2) is 9.97 Å². The number of para-hydroxylation sites is 2. The molecule has 4 aromatic rings. The van der Waals surface area contributed by atoms with Gasteiger partial charge in [0, 0.05) is 17.2 Å². The Morgan fingerprint density at radius 2 is 1.77 bits per heavy atom. The second-order valence-corrected chi connectivity index (χ2v) is 7.31. The highest BCUT2D eigenvalue weighted by atomic mass is 16.2. The summed E-state index contributed by atoms with van der Waals surface area (Å²) in [6, 6.07) is 18.4. The first-order valence-electron chi connectivity index (χ1n) is 9.78. The van der Waals surface area contributed by atoms with Gasteiger partial charge >= 0.3 is 0 Å². The molecule has 1 aliphatic carbocycles. The van der Waals surface area contributed by atoms with Crippen molar-refractivity contribution >= 4 is 34.2 Å². The molecule has 0 radical (unpaired) electrons. The first-order chi connectivity index (χ1) is 14.7. The van der Waals surface area contributed by atoms with Gasteiger partial charge in [-0.05, 0) is 55.3 Å². The van der Waals surface area contributed by atoms with Gasteiger partial charge in [-0.2, -0.15) is 0 Å². The average molecular weight is 397 g/mol. The molecule has 2 heterocycles. The number of pyridine rings is 1. The molecule has 0 aliphatic heterocycles. The Labute approximate surface area is 172 Å². The molecule has 7 heteroatoms. The van der Waals surface area contributed by atoms with Crippen molar-refractivity contribution in [2.45, 2.75) is 12.8 Å². The summed E-state index contributed by atoms with van der Waals surface area (Å²) in [5, 5.41) is 5.71. The predicted octanol–water partition coefficient (Wildman–Crippen LogP) is 4.02. The third-order valence-corrected chi connectivity index (χ3v) is 5.05. The van der Waals surface area contributed by atoms with Crippen molar-refractivity contribution in [1.82, 2.24) is 14.5 Å². The third kappa shape index (κ3) is 3.65. The maximum absolute atomic E-state index is 12.6. The van der Waals surface area contributed by atoms with E-state index in [2.05, 4.69) is 20.6 Å². The minimum Gasteiger partial charge on any atom is -0.326 e. The van der Waals surface area contributed by atoms with Crippen molar-refractivity contribution in [3.05, 3.63) is 78.8 Å². The number of hydrogen-bond donors (Lipinski definition) is 2. The van der Waals surface area contributed by atoms with Crippen molar-refractivity contribution < 1.29 is 9.59 Å². The Morgan fingerprint density at radius 3 is 2.57 bits per heavy atom. The summed E-state index contributed by atoms with van der Waals surface area (Å²) in [6.07, 6.45) is 5.21. The van der Waals surface area contributed by atoms with Gasteiger partial charge in [-0.15, -0.1) is 0 Å². The van der Waals surface area contributed by atoms with Gasteiger partial charge in [0.05, 0.1) is 22.9 Å². The molecule has 30 heavy (non-hydrogen) atoms. The van der Waals surface area contributed by atoms with Crippen LogP contribution in [0.3, 0.4) is 0 Å². The lowest BCUT2D eigenvalue weighted by Gasteiger charge is -2.09. The maximum atomic E-state index is 12.6. The van der Waals surface area contributed by atoms with E-state index in [0.29, 0.717) is 22.8 Å². The first-order valence-corrected chi connectivity index (χ1v) is 9.78. The zero-order chi connectivity index (χ0) is 20.5. The molecule has 0 atom stereocenters. The fourth-order valence-electron chi connectivity index (χ4n) is 3.28. The lowest BCUT2D eigenvalue weighted by atomic mass is 10.2. The molecule has 1 aliphatic rings. The molecule has 2 N–H and O–H groups in total. The van der Waals surface area contributed by atoms with E-state index in [1.54, 1.807) is 42.9 Å². The van der Waals surface area contributed by atoms with Crippen LogP contribution in [-0.4, -0.2) is 26.3 Å². The van der Waals surface area contributed by atoms with Crippen LogP contribution in [0.4, 0.5) is 11.4 Å². The monoisotopic (exact) mass is 397 g/mol. The Kier molecular flexibility index (Phi) is 4.48. The lowest BCUT2D eigenvalue weighted by Crippen LogP contribution is -2.15. The third-order valence-electron chi connectivity index (χ3n) is 5.05. The molecule has 0 spiro atoms. The summed E-state index contributed by atoms with van der Waals surface area (Å²) in [7, 11) is 0. The number of fused-ring (bicyclic) bond motifs is 1. The number of amides is 2. The number of carbonyl (C=O) groups excluding carboxylic acids is 2. The van der Waals surface area contributed by atoms with Crippen LogP contribution < -0.4 is 10.6 Å². The van der Waals surface area contributed by atoms with Crippen molar-refractivity contribution in [2.75, 3.05) is 10.6 Å². The van der Waals surface area contributed by atoms with E-state index in [9.17, 15) is 9.59 Å². The Morgan fingerprint density at radius 1 is 0.900 bits per heavy atom. The van der Waals surface area contributed by atoms with Gasteiger partial charge in [-0.3, -0.25) is 14.2 Å². The van der Waals surface area contributed by atoms with Gasteiger partial charge < -0.3 is 10.6 Å². The van der Waals surface area contributed by atoms with Crippen LogP contribution in [0.15, 0.2) is 73.2 Å². The lowest BCUT2D eigenvalue weighted by molar-refractivity contribution is -0.117. The van der Waals surface area contributed by atoms with Crippen LogP contribution in [0.1, 0.15) is 23.2 Å². The summed E-state index contributed by atoms with van der Waals surface area (Å²) in [5.74, 6) is 0.575. The summed E-state index contributed by atoms with van der Waals surface area (Å²) in [5.41, 5.74) is 3.53. The number of rotatable bonds is 5. The van der Waals surface area contributed by atoms with E-state index < -0.39 is 0 Å². The molecule has 0 unspecified atom stereocenters. The standard InChI is InChI=1S/C23H19N5O2/c29-22(15-8-9-15)26-17-5-3-4-16(12-17)23(30)27-18-10-11-21(24-13-18)28-14-25-19-6-1-2-7-20(19)28/h1-7,10-15H,8-9H2,(H,26,29)(H,27,30). The topological polar surface area (TPSA) is 88.9 Å². The van der Waals surface area contributed by atoms with E-state index in [1.165, 1.54) is 0 Å². The molecule has 0 bridgehead atoms. The molecule has 2 aromatic heterocycles. The van der Waals surface area contributed by atoms with Crippen molar-refractivity contribution in [1.29, 1.82) is 0 Å². The molecular weight excluding hydrogens is 378 g/mol. The predicted molar refractivity (Wildman–Crippen MR) is 115 cm³/mol. The number of benzene rings is 2. The number of aromatic nitrogens is 3. The number of nitrogens with zero attached hydrogens (tertiary/aromatic N) is 3. The van der Waals surface area contributed by atoms with Crippen LogP contribution in [0.2, 0.25) is 0 Å². The number of anilines is 2. The summed E-state index contributed by atoms with van der Waals surface area (Å²) >= 11 is 0. The van der Waals surface area contributed by atoms with E-state index in [4.69, 9.17) is 0 Å². The fraction of sp³-hybridized carbons (Fsp3) is 0.130. The molecule has 1 fully saturated rings. The maximum Gasteiger partial charge on any atom is 0.255 e. The average Bonchev–Trinajstić information content (AvgIpc) is 3.54. The molecule has 1 saturated carbocycles. The summed E-state index contributed by atoms with van der Waals surface area (Å²) < 4.78 is 1.90. The van der Waals surface area contributed by atoms with Crippen LogP contribution >= 0.6 is 0 Å². The van der Waals surface area contributed by atoms with E-state index in [0.717, 1.165) is 23.9 Å². The largest absolute Gasteiger partial charge is 0.326 e. The van der Waals surface area contributed by atoms with Gasteiger partial charge in [0.1, 0.15) is 12.1 Å². The Bertz CT molecular complexity index is 1240. The summed E-state index contributed by atoms with van der Waals surface area (Å²) in [4.78, 5) is 33.4. The number of hydrogen-bond acceptors (Lipinski definition) is 4. The minimum atomic E-state index is -0.264. The Balaban J connectivity index is 1.30. The SMILES string of the molecule is O=C(Nc1ccc(-n2cnc3ccccc32)nc1)c1cccc(NC(=O)C2CC2)c1. The van der Waals surface area contributed by atoms with Gasteiger partial charge in [0.15, 0.2) is 0 Å². The van der Waals surface area contributed by atoms with Gasteiger partial charge in [0.2, 0.25) is 5.91 Å². The van der Waals surface area contributed by atoms with Crippen LogP contribution in [0, 0.1) is 5.92 Å². The van der Waals surface area contributed by atoms with Crippen LogP contribution in [0.25, 0.3) is 16.9 Å². The quantitative estimate of drug-likeness (QED) is 0.532. The molecular formula is C23H19N5O2. The highest BCUT2D eigenvalue weighted by Gasteiger charge is 2.29. The van der Waals surface area contributed by atoms with E-state index in [-0.39, 0.29) is 17.7 Å². The van der Waals surface area contributed by atoms with Crippen molar-refractivity contribution in [2.24, 2.45) is 5.92 Å². The molecule has 5 rings (SSSR count). The molecule has 2 aromatic carbocycles.